The van der Waals surface area contributed by atoms with Gasteiger partial charge in [-0.15, -0.1) is 0 Å². The van der Waals surface area contributed by atoms with E-state index in [9.17, 15) is 9.59 Å². The number of aryl methyl sites for hydroxylation is 1. The fourth-order valence-electron chi connectivity index (χ4n) is 4.86. The summed E-state index contributed by atoms with van der Waals surface area (Å²) >= 11 is 0. The number of likely N-dealkylation sites (tertiary alicyclic amines) is 1. The highest BCUT2D eigenvalue weighted by molar-refractivity contribution is 5.96. The highest BCUT2D eigenvalue weighted by atomic mass is 16.5. The SMILES string of the molecule is CCOc1ccc(CCC2CCN(C(=O)CCC3Cc4ccccc4NC3=O)CC2)cc1. The van der Waals surface area contributed by atoms with Gasteiger partial charge in [-0.1, -0.05) is 30.3 Å². The molecule has 0 saturated carbocycles. The molecule has 1 N–H and O–H groups in total. The average molecular weight is 435 g/mol. The summed E-state index contributed by atoms with van der Waals surface area (Å²) < 4.78 is 5.51. The Morgan fingerprint density at radius 3 is 2.56 bits per heavy atom. The molecule has 0 aliphatic carbocycles. The smallest absolute Gasteiger partial charge is 0.227 e. The van der Waals surface area contributed by atoms with Gasteiger partial charge < -0.3 is 15.0 Å². The minimum atomic E-state index is -0.111. The quantitative estimate of drug-likeness (QED) is 0.646. The van der Waals surface area contributed by atoms with Crippen LogP contribution in [0.4, 0.5) is 5.69 Å². The molecule has 1 fully saturated rings. The van der Waals surface area contributed by atoms with Crippen LogP contribution in [-0.2, 0) is 22.4 Å². The van der Waals surface area contributed by atoms with E-state index in [1.807, 2.05) is 42.2 Å². The molecule has 2 aliphatic heterocycles. The maximum atomic E-state index is 12.7. The Bertz CT molecular complexity index is 917. The van der Waals surface area contributed by atoms with E-state index in [2.05, 4.69) is 23.5 Å². The first-order valence-electron chi connectivity index (χ1n) is 12.0. The second-order valence-corrected chi connectivity index (χ2v) is 9.03. The molecule has 5 heteroatoms. The monoisotopic (exact) mass is 434 g/mol. The molecule has 2 aliphatic rings. The summed E-state index contributed by atoms with van der Waals surface area (Å²) in [6.45, 7) is 4.37. The number of ether oxygens (including phenoxy) is 1. The van der Waals surface area contributed by atoms with Gasteiger partial charge >= 0.3 is 0 Å². The predicted molar refractivity (Wildman–Crippen MR) is 127 cm³/mol. The topological polar surface area (TPSA) is 58.6 Å². The zero-order chi connectivity index (χ0) is 22.3. The summed E-state index contributed by atoms with van der Waals surface area (Å²) in [5, 5.41) is 2.99. The number of carbonyl (C=O) groups excluding carboxylic acids is 2. The van der Waals surface area contributed by atoms with Crippen LogP contribution in [0.5, 0.6) is 5.75 Å². The Labute approximate surface area is 191 Å². The van der Waals surface area contributed by atoms with Crippen LogP contribution in [0.3, 0.4) is 0 Å². The van der Waals surface area contributed by atoms with Crippen LogP contribution in [0, 0.1) is 11.8 Å². The van der Waals surface area contributed by atoms with Crippen molar-refractivity contribution in [3.8, 4) is 5.75 Å². The van der Waals surface area contributed by atoms with Crippen LogP contribution in [-0.4, -0.2) is 36.4 Å². The van der Waals surface area contributed by atoms with Crippen molar-refractivity contribution in [1.82, 2.24) is 4.90 Å². The standard InChI is InChI=1S/C27H34N2O3/c1-2-32-24-12-9-20(10-13-24)7-8-21-15-17-29(18-16-21)26(30)14-11-23-19-22-5-3-4-6-25(22)28-27(23)31/h3-6,9-10,12-13,21,23H,2,7-8,11,14-19H2,1H3,(H,28,31). The van der Waals surface area contributed by atoms with Crippen molar-refractivity contribution in [2.75, 3.05) is 25.0 Å². The lowest BCUT2D eigenvalue weighted by molar-refractivity contribution is -0.133. The number of fused-ring (bicyclic) bond motifs is 1. The van der Waals surface area contributed by atoms with E-state index in [-0.39, 0.29) is 17.7 Å². The number of anilines is 1. The van der Waals surface area contributed by atoms with Crippen LogP contribution in [0.15, 0.2) is 48.5 Å². The molecule has 170 valence electrons. The summed E-state index contributed by atoms with van der Waals surface area (Å²) in [5.41, 5.74) is 3.42. The predicted octanol–water partition coefficient (Wildman–Crippen LogP) is 4.85. The molecule has 2 amide bonds. The summed E-state index contributed by atoms with van der Waals surface area (Å²) in [4.78, 5) is 27.1. The maximum Gasteiger partial charge on any atom is 0.227 e. The van der Waals surface area contributed by atoms with E-state index in [4.69, 9.17) is 4.74 Å². The Kier molecular flexibility index (Phi) is 7.46. The number of rotatable bonds is 8. The van der Waals surface area contributed by atoms with Gasteiger partial charge in [0.05, 0.1) is 6.61 Å². The Balaban J connectivity index is 1.17. The number of benzene rings is 2. The van der Waals surface area contributed by atoms with Crippen molar-refractivity contribution in [2.24, 2.45) is 11.8 Å². The Hall–Kier alpha value is -2.82. The minimum Gasteiger partial charge on any atom is -0.494 e. The second kappa shape index (κ2) is 10.7. The first-order valence-corrected chi connectivity index (χ1v) is 12.0. The largest absolute Gasteiger partial charge is 0.494 e. The molecule has 32 heavy (non-hydrogen) atoms. The third-order valence-electron chi connectivity index (χ3n) is 6.86. The van der Waals surface area contributed by atoms with Crippen LogP contribution < -0.4 is 10.1 Å². The number of para-hydroxylation sites is 1. The Morgan fingerprint density at radius 1 is 1.06 bits per heavy atom. The first-order chi connectivity index (χ1) is 15.6. The molecule has 0 aromatic heterocycles. The molecule has 1 unspecified atom stereocenters. The van der Waals surface area contributed by atoms with E-state index < -0.39 is 0 Å². The van der Waals surface area contributed by atoms with Gasteiger partial charge in [0.2, 0.25) is 11.8 Å². The average Bonchev–Trinajstić information content (AvgIpc) is 2.82. The molecule has 5 nitrogen and oxygen atoms in total. The molecular formula is C27H34N2O3. The van der Waals surface area contributed by atoms with E-state index in [1.165, 1.54) is 5.56 Å². The number of hydrogen-bond donors (Lipinski definition) is 1. The van der Waals surface area contributed by atoms with E-state index >= 15 is 0 Å². The molecule has 0 spiro atoms. The molecule has 1 saturated heterocycles. The van der Waals surface area contributed by atoms with Crippen LogP contribution >= 0.6 is 0 Å². The van der Waals surface area contributed by atoms with Crippen molar-refractivity contribution >= 4 is 17.5 Å². The highest BCUT2D eigenvalue weighted by Gasteiger charge is 2.28. The van der Waals surface area contributed by atoms with Gasteiger partial charge in [-0.25, -0.2) is 0 Å². The molecule has 4 rings (SSSR count). The molecule has 1 atom stereocenters. The molecular weight excluding hydrogens is 400 g/mol. The molecule has 0 radical (unpaired) electrons. The number of nitrogens with zero attached hydrogens (tertiary/aromatic N) is 1. The van der Waals surface area contributed by atoms with Crippen LogP contribution in [0.25, 0.3) is 0 Å². The third kappa shape index (κ3) is 5.70. The summed E-state index contributed by atoms with van der Waals surface area (Å²) in [6, 6.07) is 16.3. The maximum absolute atomic E-state index is 12.7. The number of carbonyl (C=O) groups is 2. The van der Waals surface area contributed by atoms with Gasteiger partial charge in [-0.2, -0.15) is 0 Å². The minimum absolute atomic E-state index is 0.0458. The van der Waals surface area contributed by atoms with Crippen molar-refractivity contribution in [3.05, 3.63) is 59.7 Å². The second-order valence-electron chi connectivity index (χ2n) is 9.03. The molecule has 2 aromatic carbocycles. The van der Waals surface area contributed by atoms with Gasteiger partial charge in [-0.05, 0) is 80.7 Å². The van der Waals surface area contributed by atoms with E-state index in [0.29, 0.717) is 25.4 Å². The lowest BCUT2D eigenvalue weighted by atomic mass is 9.88. The van der Waals surface area contributed by atoms with Gasteiger partial charge in [0.15, 0.2) is 0 Å². The van der Waals surface area contributed by atoms with Gasteiger partial charge in [0.1, 0.15) is 5.75 Å². The van der Waals surface area contributed by atoms with E-state index in [1.54, 1.807) is 0 Å². The molecule has 0 bridgehead atoms. The Morgan fingerprint density at radius 2 is 1.81 bits per heavy atom. The number of hydrogen-bond acceptors (Lipinski definition) is 3. The fraction of sp³-hybridized carbons (Fsp3) is 0.481. The van der Waals surface area contributed by atoms with Crippen LogP contribution in [0.1, 0.15) is 50.2 Å². The van der Waals surface area contributed by atoms with Crippen molar-refractivity contribution in [1.29, 1.82) is 0 Å². The van der Waals surface area contributed by atoms with Gasteiger partial charge in [0, 0.05) is 31.1 Å². The normalized spacial score (nSPS) is 18.7. The van der Waals surface area contributed by atoms with Crippen molar-refractivity contribution < 1.29 is 14.3 Å². The van der Waals surface area contributed by atoms with Gasteiger partial charge in [-0.3, -0.25) is 9.59 Å². The zero-order valence-corrected chi connectivity index (χ0v) is 19.0. The first kappa shape index (κ1) is 22.4. The highest BCUT2D eigenvalue weighted by Crippen LogP contribution is 2.28. The third-order valence-corrected chi connectivity index (χ3v) is 6.86. The van der Waals surface area contributed by atoms with Crippen LogP contribution in [0.2, 0.25) is 0 Å². The van der Waals surface area contributed by atoms with Crippen molar-refractivity contribution in [3.63, 3.8) is 0 Å². The van der Waals surface area contributed by atoms with E-state index in [0.717, 1.165) is 62.2 Å². The number of piperidine rings is 1. The summed E-state index contributed by atoms with van der Waals surface area (Å²) in [6.07, 6.45) is 6.18. The lowest BCUT2D eigenvalue weighted by Crippen LogP contribution is -2.39. The summed E-state index contributed by atoms with van der Waals surface area (Å²) in [5.74, 6) is 1.73. The zero-order valence-electron chi connectivity index (χ0n) is 19.0. The van der Waals surface area contributed by atoms with Gasteiger partial charge in [0.25, 0.3) is 0 Å². The van der Waals surface area contributed by atoms with Crippen molar-refractivity contribution in [2.45, 2.75) is 51.9 Å². The lowest BCUT2D eigenvalue weighted by Gasteiger charge is -2.32. The molecule has 2 aromatic rings. The number of nitrogens with one attached hydrogen (secondary N) is 1. The number of amides is 2. The summed E-state index contributed by atoms with van der Waals surface area (Å²) in [7, 11) is 0. The fourth-order valence-corrected chi connectivity index (χ4v) is 4.86. The molecule has 2 heterocycles.